The number of nitrogens with one attached hydrogen (secondary N) is 4. The molecule has 4 N–H and O–H groups in total. The van der Waals surface area contributed by atoms with Crippen LogP contribution in [-0.4, -0.2) is 155 Å². The first-order valence-electron chi connectivity index (χ1n) is 24.8. The fourth-order valence-corrected chi connectivity index (χ4v) is 8.78. The lowest BCUT2D eigenvalue weighted by Crippen LogP contribution is -2.46. The van der Waals surface area contributed by atoms with Gasteiger partial charge in [-0.15, -0.1) is 0 Å². The summed E-state index contributed by atoms with van der Waals surface area (Å²) in [5.74, 6) is 1.22. The average molecular weight is 976 g/mol. The fourth-order valence-electron chi connectivity index (χ4n) is 8.78. The summed E-state index contributed by atoms with van der Waals surface area (Å²) in [6.07, 6.45) is 6.14. The number of carbonyl (C=O) groups excluding carboxylic acids is 3. The first-order valence-corrected chi connectivity index (χ1v) is 24.8. The first kappa shape index (κ1) is 52.4. The van der Waals surface area contributed by atoms with Crippen molar-refractivity contribution in [1.29, 1.82) is 0 Å². The Hall–Kier alpha value is -6.44. The number of aromatic amines is 1. The van der Waals surface area contributed by atoms with E-state index in [-0.39, 0.29) is 35.7 Å². The molecule has 7 rings (SSSR count). The van der Waals surface area contributed by atoms with Crippen LogP contribution in [0.1, 0.15) is 75.7 Å². The summed E-state index contributed by atoms with van der Waals surface area (Å²) < 4.78 is 28.0. The maximum Gasteiger partial charge on any atom is 0.269 e. The van der Waals surface area contributed by atoms with Crippen LogP contribution in [0, 0.1) is 0 Å². The van der Waals surface area contributed by atoms with Gasteiger partial charge in [0.1, 0.15) is 17.2 Å². The molecule has 0 bridgehead atoms. The van der Waals surface area contributed by atoms with Crippen LogP contribution in [0.3, 0.4) is 0 Å². The van der Waals surface area contributed by atoms with E-state index in [4.69, 9.17) is 23.7 Å². The highest BCUT2D eigenvalue weighted by Crippen LogP contribution is 2.28. The van der Waals surface area contributed by atoms with E-state index < -0.39 is 0 Å². The molecule has 0 radical (unpaired) electrons. The number of benzene rings is 2. The van der Waals surface area contributed by atoms with E-state index >= 15 is 0 Å². The van der Waals surface area contributed by atoms with Gasteiger partial charge >= 0.3 is 0 Å². The van der Waals surface area contributed by atoms with Crippen molar-refractivity contribution in [3.05, 3.63) is 123 Å². The number of piperazine rings is 1. The highest BCUT2D eigenvalue weighted by molar-refractivity contribution is 5.94. The van der Waals surface area contributed by atoms with Crippen molar-refractivity contribution in [3.63, 3.8) is 0 Å². The Kier molecular flexibility index (Phi) is 20.1. The van der Waals surface area contributed by atoms with E-state index in [0.29, 0.717) is 96.7 Å². The van der Waals surface area contributed by atoms with Crippen LogP contribution in [0.25, 0.3) is 11.0 Å². The fraction of sp³-hybridized carbons (Fsp3) is 0.472. The smallest absolute Gasteiger partial charge is 0.269 e. The minimum absolute atomic E-state index is 0.0480. The van der Waals surface area contributed by atoms with Crippen LogP contribution in [0.15, 0.2) is 83.9 Å². The SMILES string of the molecule is CCOc1cc(OC)ccc1CNCC(=O)N1CCC[C@H](c2cccc(C(=O)NCCOCCOCCOCCNC(=O)c3ccc(N4CCN(Cc5cnc6cc(CC)c(=O)[nH]c6c5)CC4)cn3)c2)C1. The van der Waals surface area contributed by atoms with E-state index in [1.165, 1.54) is 0 Å². The average Bonchev–Trinajstić information content (AvgIpc) is 3.40. The Bertz CT molecular complexity index is 2570. The number of piperidine rings is 1. The summed E-state index contributed by atoms with van der Waals surface area (Å²) in [5, 5.41) is 9.06. The number of carbonyl (C=O) groups is 3. The van der Waals surface area contributed by atoms with Crippen molar-refractivity contribution in [3.8, 4) is 11.5 Å². The number of methoxy groups -OCH3 is 1. The van der Waals surface area contributed by atoms with Crippen molar-refractivity contribution < 1.29 is 38.1 Å². The molecule has 2 saturated heterocycles. The number of fused-ring (bicyclic) bond motifs is 1. The van der Waals surface area contributed by atoms with Gasteiger partial charge in [-0.1, -0.05) is 25.1 Å². The first-order chi connectivity index (χ1) is 34.7. The Morgan fingerprint density at radius 3 is 2.27 bits per heavy atom. The lowest BCUT2D eigenvalue weighted by Gasteiger charge is -2.36. The molecule has 0 unspecified atom stereocenters. The van der Waals surface area contributed by atoms with Crippen LogP contribution in [0.2, 0.25) is 0 Å². The molecule has 18 nitrogen and oxygen atoms in total. The minimum atomic E-state index is -0.260. The van der Waals surface area contributed by atoms with E-state index in [1.807, 2.05) is 79.5 Å². The number of nitrogens with zero attached hydrogens (tertiary/aromatic N) is 5. The van der Waals surface area contributed by atoms with Crippen molar-refractivity contribution in [2.45, 2.75) is 52.1 Å². The molecule has 2 aromatic carbocycles. The molecule has 1 atom stereocenters. The molecule has 5 heterocycles. The molecule has 71 heavy (non-hydrogen) atoms. The molecule has 5 aromatic rings. The Morgan fingerprint density at radius 1 is 0.789 bits per heavy atom. The Balaban J connectivity index is 0.691. The quantitative estimate of drug-likeness (QED) is 0.0571. The van der Waals surface area contributed by atoms with Gasteiger partial charge < -0.3 is 54.4 Å². The zero-order valence-corrected chi connectivity index (χ0v) is 41.3. The van der Waals surface area contributed by atoms with Gasteiger partial charge in [-0.2, -0.15) is 0 Å². The zero-order chi connectivity index (χ0) is 49.8. The number of hydrogen-bond acceptors (Lipinski definition) is 14. The van der Waals surface area contributed by atoms with E-state index in [1.54, 1.807) is 25.4 Å². The molecule has 2 aliphatic rings. The van der Waals surface area contributed by atoms with Gasteiger partial charge in [0.15, 0.2) is 0 Å². The van der Waals surface area contributed by atoms with Crippen LogP contribution in [0.4, 0.5) is 5.69 Å². The second kappa shape index (κ2) is 27.2. The number of hydrogen-bond donors (Lipinski definition) is 4. The molecular weight excluding hydrogens is 907 g/mol. The number of likely N-dealkylation sites (tertiary alicyclic amines) is 1. The molecule has 0 aliphatic carbocycles. The summed E-state index contributed by atoms with van der Waals surface area (Å²) in [6.45, 7) is 13.5. The third-order valence-corrected chi connectivity index (χ3v) is 12.7. The van der Waals surface area contributed by atoms with Gasteiger partial charge in [0.05, 0.1) is 82.8 Å². The van der Waals surface area contributed by atoms with Crippen molar-refractivity contribution >= 4 is 34.4 Å². The number of aromatic nitrogens is 3. The van der Waals surface area contributed by atoms with Gasteiger partial charge in [-0.3, -0.25) is 29.1 Å². The summed E-state index contributed by atoms with van der Waals surface area (Å²) in [4.78, 5) is 69.7. The third kappa shape index (κ3) is 15.5. The summed E-state index contributed by atoms with van der Waals surface area (Å²) in [6, 6.07) is 20.9. The van der Waals surface area contributed by atoms with Gasteiger partial charge in [0, 0.05) is 100 Å². The second-order valence-electron chi connectivity index (χ2n) is 17.6. The van der Waals surface area contributed by atoms with Crippen molar-refractivity contribution in [1.82, 2.24) is 40.7 Å². The Morgan fingerprint density at radius 2 is 1.55 bits per heavy atom. The molecule has 2 aliphatic heterocycles. The lowest BCUT2D eigenvalue weighted by molar-refractivity contribution is -0.131. The number of H-pyrrole nitrogens is 1. The van der Waals surface area contributed by atoms with E-state index in [9.17, 15) is 19.2 Å². The van der Waals surface area contributed by atoms with E-state index in [0.717, 1.165) is 96.0 Å². The van der Waals surface area contributed by atoms with Gasteiger partial charge in [-0.25, -0.2) is 4.98 Å². The standard InChI is InChI=1S/C53H69N9O9/c1-4-39-30-47-48(59-52(39)65)28-38(32-57-47)36-60-18-20-61(21-19-60)44-12-14-46(58-34-44)53(66)56-16-23-69-25-27-70-26-24-68-22-15-55-51(64)41-9-6-8-40(29-41)43-10-7-17-62(37-43)50(63)35-54-33-42-11-13-45(67-3)31-49(42)71-5-2/h6,8-9,11-14,28-32,34,43,54H,4-5,7,10,15-27,33,35-37H2,1-3H3,(H,55,64)(H,56,66)(H,59,65)/t43-/m0/s1. The zero-order valence-electron chi connectivity index (χ0n) is 41.3. The molecular formula is C53H69N9O9. The topological polar surface area (TPSA) is 202 Å². The van der Waals surface area contributed by atoms with Gasteiger partial charge in [-0.05, 0) is 79.8 Å². The maximum atomic E-state index is 13.2. The maximum absolute atomic E-state index is 13.2. The number of aryl methyl sites for hydroxylation is 1. The largest absolute Gasteiger partial charge is 0.497 e. The van der Waals surface area contributed by atoms with Crippen molar-refractivity contribution in [2.75, 3.05) is 117 Å². The summed E-state index contributed by atoms with van der Waals surface area (Å²) >= 11 is 0. The van der Waals surface area contributed by atoms with Crippen LogP contribution in [-0.2, 0) is 38.5 Å². The van der Waals surface area contributed by atoms with Gasteiger partial charge in [0.2, 0.25) is 5.91 Å². The number of rotatable bonds is 26. The highest BCUT2D eigenvalue weighted by atomic mass is 16.5. The summed E-state index contributed by atoms with van der Waals surface area (Å²) in [5.41, 5.74) is 7.21. The number of ether oxygens (including phenoxy) is 5. The third-order valence-electron chi connectivity index (χ3n) is 12.7. The number of pyridine rings is 3. The summed E-state index contributed by atoms with van der Waals surface area (Å²) in [7, 11) is 1.62. The molecule has 0 spiro atoms. The number of anilines is 1. The molecule has 2 fully saturated rings. The number of amides is 3. The van der Waals surface area contributed by atoms with Crippen LogP contribution < -0.4 is 35.9 Å². The monoisotopic (exact) mass is 976 g/mol. The lowest BCUT2D eigenvalue weighted by atomic mass is 9.89. The van der Waals surface area contributed by atoms with Gasteiger partial charge in [0.25, 0.3) is 17.4 Å². The Labute approximate surface area is 415 Å². The van der Waals surface area contributed by atoms with E-state index in [2.05, 4.69) is 40.7 Å². The predicted molar refractivity (Wildman–Crippen MR) is 271 cm³/mol. The minimum Gasteiger partial charge on any atom is -0.497 e. The second-order valence-corrected chi connectivity index (χ2v) is 17.6. The normalized spacial score (nSPS) is 15.2. The van der Waals surface area contributed by atoms with Crippen LogP contribution >= 0.6 is 0 Å². The molecule has 380 valence electrons. The van der Waals surface area contributed by atoms with Crippen molar-refractivity contribution in [2.24, 2.45) is 0 Å². The van der Waals surface area contributed by atoms with Crippen LogP contribution in [0.5, 0.6) is 11.5 Å². The highest BCUT2D eigenvalue weighted by Gasteiger charge is 2.25. The molecule has 3 aromatic heterocycles. The molecule has 3 amide bonds. The molecule has 0 saturated carbocycles. The molecule has 18 heteroatoms. The predicted octanol–water partition coefficient (Wildman–Crippen LogP) is 4.32.